The predicted molar refractivity (Wildman–Crippen MR) is 107 cm³/mol. The number of amides is 1. The molecule has 0 spiro atoms. The molecular weight excluding hydrogens is 424 g/mol. The molecular formula is C18H23ClN2O5S2. The van der Waals surface area contributed by atoms with Crippen molar-refractivity contribution in [2.75, 3.05) is 12.3 Å². The number of halogens is 1. The summed E-state index contributed by atoms with van der Waals surface area (Å²) in [5, 5.41) is 4.39. The highest BCUT2D eigenvalue weighted by molar-refractivity contribution is 7.94. The van der Waals surface area contributed by atoms with Crippen LogP contribution in [0.4, 0.5) is 0 Å². The van der Waals surface area contributed by atoms with Crippen LogP contribution in [0.1, 0.15) is 25.7 Å². The number of rotatable bonds is 6. The summed E-state index contributed by atoms with van der Waals surface area (Å²) in [6, 6.07) is 5.53. The highest BCUT2D eigenvalue weighted by Crippen LogP contribution is 2.29. The van der Waals surface area contributed by atoms with Crippen molar-refractivity contribution < 1.29 is 21.6 Å². The van der Waals surface area contributed by atoms with Crippen molar-refractivity contribution in [3.63, 3.8) is 0 Å². The number of nitrogens with one attached hydrogen (secondary N) is 2. The monoisotopic (exact) mass is 446 g/mol. The van der Waals surface area contributed by atoms with Gasteiger partial charge in [0.15, 0.2) is 9.84 Å². The molecule has 1 aromatic rings. The van der Waals surface area contributed by atoms with Gasteiger partial charge in [-0.15, -0.1) is 0 Å². The van der Waals surface area contributed by atoms with Crippen LogP contribution in [0.5, 0.6) is 0 Å². The number of hydrogen-bond acceptors (Lipinski definition) is 5. The van der Waals surface area contributed by atoms with Crippen LogP contribution in [0.3, 0.4) is 0 Å². The van der Waals surface area contributed by atoms with Crippen LogP contribution < -0.4 is 10.0 Å². The topological polar surface area (TPSA) is 109 Å². The summed E-state index contributed by atoms with van der Waals surface area (Å²) >= 11 is 5.79. The van der Waals surface area contributed by atoms with E-state index in [0.29, 0.717) is 24.4 Å². The van der Waals surface area contributed by atoms with Crippen LogP contribution in [0.2, 0.25) is 5.02 Å². The molecule has 0 aromatic heterocycles. The second-order valence-electron chi connectivity index (χ2n) is 7.30. The van der Waals surface area contributed by atoms with Gasteiger partial charge in [0.05, 0.1) is 16.7 Å². The Hall–Kier alpha value is -1.42. The third kappa shape index (κ3) is 5.56. The van der Waals surface area contributed by atoms with Gasteiger partial charge >= 0.3 is 0 Å². The van der Waals surface area contributed by atoms with Gasteiger partial charge in [-0.2, -0.15) is 0 Å². The Morgan fingerprint density at radius 2 is 1.75 bits per heavy atom. The molecule has 2 N–H and O–H groups in total. The average molecular weight is 447 g/mol. The minimum absolute atomic E-state index is 0.0828. The maximum atomic E-state index is 12.3. The molecule has 2 aliphatic rings. The van der Waals surface area contributed by atoms with Crippen molar-refractivity contribution >= 4 is 37.4 Å². The first-order valence-corrected chi connectivity index (χ1v) is 12.7. The molecule has 0 radical (unpaired) electrons. The van der Waals surface area contributed by atoms with Crippen LogP contribution in [-0.2, 0) is 24.7 Å². The molecule has 3 rings (SSSR count). The number of sulfonamides is 1. The summed E-state index contributed by atoms with van der Waals surface area (Å²) in [6.45, 7) is 0.322. The first kappa shape index (κ1) is 21.3. The van der Waals surface area contributed by atoms with Crippen molar-refractivity contribution in [3.8, 4) is 0 Å². The molecule has 10 heteroatoms. The van der Waals surface area contributed by atoms with Crippen molar-refractivity contribution in [1.29, 1.82) is 0 Å². The molecule has 1 aromatic carbocycles. The highest BCUT2D eigenvalue weighted by Gasteiger charge is 2.30. The van der Waals surface area contributed by atoms with Gasteiger partial charge in [0.2, 0.25) is 15.9 Å². The molecule has 0 unspecified atom stereocenters. The lowest BCUT2D eigenvalue weighted by molar-refractivity contribution is -0.126. The fraction of sp³-hybridized carbons (Fsp3) is 0.500. The summed E-state index contributed by atoms with van der Waals surface area (Å²) < 4.78 is 50.1. The van der Waals surface area contributed by atoms with E-state index in [0.717, 1.165) is 18.2 Å². The molecule has 28 heavy (non-hydrogen) atoms. The van der Waals surface area contributed by atoms with Crippen LogP contribution in [-0.4, -0.2) is 41.1 Å². The average Bonchev–Trinajstić information content (AvgIpc) is 2.99. The summed E-state index contributed by atoms with van der Waals surface area (Å²) in [5.41, 5.74) is 0. The fourth-order valence-corrected chi connectivity index (χ4v) is 6.00. The van der Waals surface area contributed by atoms with E-state index >= 15 is 0 Å². The lowest BCUT2D eigenvalue weighted by Gasteiger charge is -2.28. The van der Waals surface area contributed by atoms with E-state index in [4.69, 9.17) is 11.6 Å². The summed E-state index contributed by atoms with van der Waals surface area (Å²) in [7, 11) is -6.78. The van der Waals surface area contributed by atoms with Crippen molar-refractivity contribution in [1.82, 2.24) is 10.0 Å². The van der Waals surface area contributed by atoms with E-state index in [1.165, 1.54) is 30.3 Å². The molecule has 154 valence electrons. The minimum atomic E-state index is -3.59. The zero-order valence-electron chi connectivity index (χ0n) is 15.2. The van der Waals surface area contributed by atoms with Crippen molar-refractivity contribution in [2.45, 2.75) is 36.6 Å². The summed E-state index contributed by atoms with van der Waals surface area (Å²) in [6.07, 6.45) is 4.29. The van der Waals surface area contributed by atoms with E-state index in [2.05, 4.69) is 10.0 Å². The number of carbonyl (C=O) groups excluding carboxylic acids is 1. The van der Waals surface area contributed by atoms with Gasteiger partial charge in [0.1, 0.15) is 0 Å². The second-order valence-corrected chi connectivity index (χ2v) is 11.4. The van der Waals surface area contributed by atoms with Crippen LogP contribution in [0, 0.1) is 11.8 Å². The van der Waals surface area contributed by atoms with E-state index in [9.17, 15) is 21.6 Å². The van der Waals surface area contributed by atoms with Gasteiger partial charge in [-0.3, -0.25) is 4.79 Å². The Morgan fingerprint density at radius 1 is 1.11 bits per heavy atom. The standard InChI is InChI=1S/C18H23ClN2O5S2/c19-15-5-7-17(8-6-15)28(25,26)20-11-13-1-3-14(4-2-13)18(22)21-16-9-10-27(23,24)12-16/h5-10,13-14,16,20H,1-4,11-12H2,(H,21,22)/t13?,14?,16-/m0/s1. The third-order valence-electron chi connectivity index (χ3n) is 5.16. The molecule has 1 saturated carbocycles. The zero-order chi connectivity index (χ0) is 20.4. The predicted octanol–water partition coefficient (Wildman–Crippen LogP) is 1.85. The van der Waals surface area contributed by atoms with Crippen LogP contribution in [0.15, 0.2) is 40.6 Å². The number of carbonyl (C=O) groups is 1. The van der Waals surface area contributed by atoms with Gasteiger partial charge in [-0.1, -0.05) is 11.6 Å². The van der Waals surface area contributed by atoms with Gasteiger partial charge in [-0.25, -0.2) is 21.6 Å². The van der Waals surface area contributed by atoms with Gasteiger partial charge in [-0.05, 0) is 61.9 Å². The number of hydrogen-bond donors (Lipinski definition) is 2. The Labute approximate surface area is 170 Å². The molecule has 1 fully saturated rings. The lowest BCUT2D eigenvalue weighted by Crippen LogP contribution is -2.41. The molecule has 1 amide bonds. The molecule has 1 aliphatic carbocycles. The maximum Gasteiger partial charge on any atom is 0.240 e. The first-order chi connectivity index (χ1) is 13.1. The fourth-order valence-electron chi connectivity index (χ4n) is 3.52. The maximum absolute atomic E-state index is 12.3. The summed E-state index contributed by atoms with van der Waals surface area (Å²) in [5.74, 6) is -0.216. The van der Waals surface area contributed by atoms with Gasteiger partial charge in [0.25, 0.3) is 0 Å². The Morgan fingerprint density at radius 3 is 2.32 bits per heavy atom. The van der Waals surface area contributed by atoms with E-state index in [-0.39, 0.29) is 28.4 Å². The van der Waals surface area contributed by atoms with Crippen LogP contribution in [0.25, 0.3) is 0 Å². The van der Waals surface area contributed by atoms with E-state index in [1.807, 2.05) is 0 Å². The van der Waals surface area contributed by atoms with Crippen LogP contribution >= 0.6 is 11.6 Å². The van der Waals surface area contributed by atoms with E-state index in [1.54, 1.807) is 0 Å². The van der Waals surface area contributed by atoms with Gasteiger partial charge in [0, 0.05) is 22.9 Å². The van der Waals surface area contributed by atoms with Crippen molar-refractivity contribution in [3.05, 3.63) is 40.8 Å². The lowest BCUT2D eigenvalue weighted by atomic mass is 9.81. The Balaban J connectivity index is 1.44. The Kier molecular flexibility index (Phi) is 6.48. The SMILES string of the molecule is O=C(N[C@H]1C=CS(=O)(=O)C1)C1CCC(CNS(=O)(=O)c2ccc(Cl)cc2)CC1. The first-order valence-electron chi connectivity index (χ1n) is 9.11. The van der Waals surface area contributed by atoms with Gasteiger partial charge < -0.3 is 5.32 Å². The molecule has 1 heterocycles. The quantitative estimate of drug-likeness (QED) is 0.693. The van der Waals surface area contributed by atoms with Crippen molar-refractivity contribution in [2.24, 2.45) is 11.8 Å². The number of benzene rings is 1. The third-order valence-corrected chi connectivity index (χ3v) is 8.25. The minimum Gasteiger partial charge on any atom is -0.349 e. The zero-order valence-corrected chi connectivity index (χ0v) is 17.6. The highest BCUT2D eigenvalue weighted by atomic mass is 35.5. The normalized spacial score (nSPS) is 26.8. The smallest absolute Gasteiger partial charge is 0.240 e. The molecule has 1 aliphatic heterocycles. The Bertz CT molecular complexity index is 950. The molecule has 0 saturated heterocycles. The molecule has 7 nitrogen and oxygen atoms in total. The summed E-state index contributed by atoms with van der Waals surface area (Å²) in [4.78, 5) is 12.5. The number of sulfone groups is 1. The molecule has 0 bridgehead atoms. The second kappa shape index (κ2) is 8.52. The van der Waals surface area contributed by atoms with E-state index < -0.39 is 25.9 Å². The molecule has 1 atom stereocenters. The largest absolute Gasteiger partial charge is 0.349 e.